The summed E-state index contributed by atoms with van der Waals surface area (Å²) in [6.07, 6.45) is 0. The van der Waals surface area contributed by atoms with E-state index in [1.165, 1.54) is 0 Å². The number of aromatic nitrogens is 4. The molecule has 2 aromatic rings. The summed E-state index contributed by atoms with van der Waals surface area (Å²) in [4.78, 5) is 2.43. The molecule has 0 atom stereocenters. The standard InChI is InChI=1S/C14H20N6/c1-14(2)11-15-8-9-19(14)10-13-16-17-18-20(13)12-6-4-3-5-7-12/h3-7,15H,8-11H2,1-2H3. The van der Waals surface area contributed by atoms with Crippen LogP contribution in [0.15, 0.2) is 30.3 Å². The first kappa shape index (κ1) is 13.2. The number of piperazine rings is 1. The van der Waals surface area contributed by atoms with E-state index in [1.807, 2.05) is 35.0 Å². The Labute approximate surface area is 118 Å². The number of rotatable bonds is 3. The van der Waals surface area contributed by atoms with Crippen molar-refractivity contribution in [2.75, 3.05) is 19.6 Å². The van der Waals surface area contributed by atoms with Crippen molar-refractivity contribution in [1.29, 1.82) is 0 Å². The molecule has 2 heterocycles. The van der Waals surface area contributed by atoms with Crippen molar-refractivity contribution < 1.29 is 0 Å². The number of hydrogen-bond acceptors (Lipinski definition) is 5. The van der Waals surface area contributed by atoms with Gasteiger partial charge < -0.3 is 5.32 Å². The molecule has 0 saturated carbocycles. The third-order valence-electron chi connectivity index (χ3n) is 3.84. The highest BCUT2D eigenvalue weighted by molar-refractivity contribution is 5.30. The lowest BCUT2D eigenvalue weighted by molar-refractivity contribution is 0.0792. The molecular formula is C14H20N6. The van der Waals surface area contributed by atoms with Gasteiger partial charge in [-0.05, 0) is 36.4 Å². The Morgan fingerprint density at radius 2 is 2.05 bits per heavy atom. The molecular weight excluding hydrogens is 252 g/mol. The van der Waals surface area contributed by atoms with Crippen LogP contribution in [0.1, 0.15) is 19.7 Å². The second-order valence-electron chi connectivity index (χ2n) is 5.75. The van der Waals surface area contributed by atoms with Crippen molar-refractivity contribution in [3.8, 4) is 5.69 Å². The Hall–Kier alpha value is -1.79. The molecule has 0 spiro atoms. The number of nitrogens with one attached hydrogen (secondary N) is 1. The van der Waals surface area contributed by atoms with Gasteiger partial charge in [-0.1, -0.05) is 18.2 Å². The lowest BCUT2D eigenvalue weighted by atomic mass is 10.0. The zero-order valence-electron chi connectivity index (χ0n) is 12.0. The minimum absolute atomic E-state index is 0.117. The molecule has 0 amide bonds. The van der Waals surface area contributed by atoms with Gasteiger partial charge in [-0.15, -0.1) is 5.10 Å². The van der Waals surface area contributed by atoms with E-state index < -0.39 is 0 Å². The summed E-state index contributed by atoms with van der Waals surface area (Å²) in [6, 6.07) is 10.0. The lowest BCUT2D eigenvalue weighted by Crippen LogP contribution is -2.57. The molecule has 6 heteroatoms. The largest absolute Gasteiger partial charge is 0.314 e. The molecule has 1 aromatic heterocycles. The van der Waals surface area contributed by atoms with Crippen LogP contribution < -0.4 is 5.32 Å². The number of tetrazole rings is 1. The Bertz CT molecular complexity index is 562. The maximum Gasteiger partial charge on any atom is 0.170 e. The summed E-state index contributed by atoms with van der Waals surface area (Å²) in [6.45, 7) is 8.26. The van der Waals surface area contributed by atoms with Gasteiger partial charge in [0.05, 0.1) is 12.2 Å². The fourth-order valence-corrected chi connectivity index (χ4v) is 2.56. The minimum atomic E-state index is 0.117. The molecule has 1 N–H and O–H groups in total. The van der Waals surface area contributed by atoms with Crippen LogP contribution in [0.3, 0.4) is 0 Å². The van der Waals surface area contributed by atoms with E-state index >= 15 is 0 Å². The fraction of sp³-hybridized carbons (Fsp3) is 0.500. The zero-order chi connectivity index (χ0) is 14.0. The highest BCUT2D eigenvalue weighted by atomic mass is 15.5. The quantitative estimate of drug-likeness (QED) is 0.897. The number of para-hydroxylation sites is 1. The molecule has 6 nitrogen and oxygen atoms in total. The normalized spacial score (nSPS) is 19.1. The van der Waals surface area contributed by atoms with Crippen LogP contribution in [-0.4, -0.2) is 50.3 Å². The Morgan fingerprint density at radius 1 is 1.25 bits per heavy atom. The van der Waals surface area contributed by atoms with Gasteiger partial charge >= 0.3 is 0 Å². The maximum absolute atomic E-state index is 4.19. The minimum Gasteiger partial charge on any atom is -0.314 e. The summed E-state index contributed by atoms with van der Waals surface area (Å²) in [5.41, 5.74) is 1.12. The average Bonchev–Trinajstić information content (AvgIpc) is 2.90. The average molecular weight is 272 g/mol. The van der Waals surface area contributed by atoms with E-state index in [2.05, 4.69) is 39.6 Å². The van der Waals surface area contributed by atoms with Crippen LogP contribution in [-0.2, 0) is 6.54 Å². The second kappa shape index (κ2) is 5.30. The number of hydrogen-bond donors (Lipinski definition) is 1. The second-order valence-corrected chi connectivity index (χ2v) is 5.75. The smallest absolute Gasteiger partial charge is 0.170 e. The molecule has 1 fully saturated rings. The van der Waals surface area contributed by atoms with Gasteiger partial charge in [0.25, 0.3) is 0 Å². The Morgan fingerprint density at radius 3 is 2.80 bits per heavy atom. The molecule has 1 saturated heterocycles. The molecule has 1 aromatic carbocycles. The molecule has 0 aliphatic carbocycles. The molecule has 106 valence electrons. The molecule has 0 unspecified atom stereocenters. The van der Waals surface area contributed by atoms with Gasteiger partial charge in [0.1, 0.15) is 0 Å². The van der Waals surface area contributed by atoms with Crippen LogP contribution in [0.5, 0.6) is 0 Å². The first-order valence-electron chi connectivity index (χ1n) is 6.95. The molecule has 0 bridgehead atoms. The predicted molar refractivity (Wildman–Crippen MR) is 76.5 cm³/mol. The maximum atomic E-state index is 4.19. The summed E-state index contributed by atoms with van der Waals surface area (Å²) in [5.74, 6) is 0.881. The fourth-order valence-electron chi connectivity index (χ4n) is 2.56. The molecule has 1 aliphatic rings. The van der Waals surface area contributed by atoms with Crippen LogP contribution in [0.2, 0.25) is 0 Å². The highest BCUT2D eigenvalue weighted by Crippen LogP contribution is 2.19. The highest BCUT2D eigenvalue weighted by Gasteiger charge is 2.30. The van der Waals surface area contributed by atoms with Crippen LogP contribution in [0.25, 0.3) is 5.69 Å². The third kappa shape index (κ3) is 2.57. The van der Waals surface area contributed by atoms with Crippen molar-refractivity contribution in [2.24, 2.45) is 0 Å². The van der Waals surface area contributed by atoms with Gasteiger partial charge in [-0.25, -0.2) is 0 Å². The van der Waals surface area contributed by atoms with Crippen molar-refractivity contribution in [3.63, 3.8) is 0 Å². The lowest BCUT2D eigenvalue weighted by Gasteiger charge is -2.42. The van der Waals surface area contributed by atoms with E-state index in [9.17, 15) is 0 Å². The summed E-state index contributed by atoms with van der Waals surface area (Å²) < 4.78 is 1.82. The van der Waals surface area contributed by atoms with Gasteiger partial charge in [0, 0.05) is 25.2 Å². The third-order valence-corrected chi connectivity index (χ3v) is 3.84. The van der Waals surface area contributed by atoms with E-state index in [4.69, 9.17) is 0 Å². The van der Waals surface area contributed by atoms with E-state index in [0.29, 0.717) is 0 Å². The monoisotopic (exact) mass is 272 g/mol. The topological polar surface area (TPSA) is 58.9 Å². The van der Waals surface area contributed by atoms with Gasteiger partial charge in [0.2, 0.25) is 0 Å². The SMILES string of the molecule is CC1(C)CNCCN1Cc1nnnn1-c1ccccc1. The molecule has 20 heavy (non-hydrogen) atoms. The first-order valence-corrected chi connectivity index (χ1v) is 6.95. The van der Waals surface area contributed by atoms with Gasteiger partial charge in [-0.3, -0.25) is 4.90 Å². The Kier molecular flexibility index (Phi) is 3.50. The number of nitrogens with zero attached hydrogens (tertiary/aromatic N) is 5. The Balaban J connectivity index is 1.84. The van der Waals surface area contributed by atoms with Crippen LogP contribution >= 0.6 is 0 Å². The molecule has 0 radical (unpaired) electrons. The van der Waals surface area contributed by atoms with E-state index in [0.717, 1.165) is 37.7 Å². The van der Waals surface area contributed by atoms with Crippen molar-refractivity contribution >= 4 is 0 Å². The van der Waals surface area contributed by atoms with Gasteiger partial charge in [0.15, 0.2) is 5.82 Å². The number of benzene rings is 1. The van der Waals surface area contributed by atoms with Crippen molar-refractivity contribution in [2.45, 2.75) is 25.9 Å². The summed E-state index contributed by atoms with van der Waals surface area (Å²) in [5, 5.41) is 15.6. The first-order chi connectivity index (χ1) is 9.67. The molecule has 3 rings (SSSR count). The summed E-state index contributed by atoms with van der Waals surface area (Å²) in [7, 11) is 0. The van der Waals surface area contributed by atoms with Crippen LogP contribution in [0.4, 0.5) is 0 Å². The van der Waals surface area contributed by atoms with Gasteiger partial charge in [-0.2, -0.15) is 4.68 Å². The van der Waals surface area contributed by atoms with Crippen LogP contribution in [0, 0.1) is 0 Å². The van der Waals surface area contributed by atoms with E-state index in [1.54, 1.807) is 0 Å². The van der Waals surface area contributed by atoms with Crippen molar-refractivity contribution in [1.82, 2.24) is 30.4 Å². The molecule has 1 aliphatic heterocycles. The summed E-state index contributed by atoms with van der Waals surface area (Å²) >= 11 is 0. The van der Waals surface area contributed by atoms with E-state index in [-0.39, 0.29) is 5.54 Å². The van der Waals surface area contributed by atoms with Crippen molar-refractivity contribution in [3.05, 3.63) is 36.2 Å². The zero-order valence-corrected chi connectivity index (χ0v) is 12.0. The predicted octanol–water partition coefficient (Wildman–Crippen LogP) is 0.846.